The van der Waals surface area contributed by atoms with Crippen LogP contribution in [0.2, 0.25) is 5.02 Å². The van der Waals surface area contributed by atoms with Crippen LogP contribution < -0.4 is 5.32 Å². The lowest BCUT2D eigenvalue weighted by atomic mass is 10.0. The van der Waals surface area contributed by atoms with Gasteiger partial charge in [0.05, 0.1) is 23.4 Å². The molecule has 140 valence electrons. The number of carbonyl (C=O) groups excluding carboxylic acids is 2. The maximum Gasteiger partial charge on any atom is 0.253 e. The molecule has 27 heavy (non-hydrogen) atoms. The summed E-state index contributed by atoms with van der Waals surface area (Å²) in [4.78, 5) is 26.1. The van der Waals surface area contributed by atoms with Gasteiger partial charge >= 0.3 is 0 Å². The smallest absolute Gasteiger partial charge is 0.253 e. The van der Waals surface area contributed by atoms with Gasteiger partial charge < -0.3 is 14.6 Å². The number of rotatable bonds is 4. The molecule has 0 atom stereocenters. The van der Waals surface area contributed by atoms with Crippen LogP contribution in [0.1, 0.15) is 27.0 Å². The summed E-state index contributed by atoms with van der Waals surface area (Å²) >= 11 is 6.18. The lowest BCUT2D eigenvalue weighted by molar-refractivity contribution is -0.115. The predicted octanol–water partition coefficient (Wildman–Crippen LogP) is 4.59. The molecular formula is C21H21ClN2O3. The van der Waals surface area contributed by atoms with E-state index in [9.17, 15) is 9.59 Å². The molecule has 0 saturated heterocycles. The Morgan fingerprint density at radius 1 is 1.15 bits per heavy atom. The van der Waals surface area contributed by atoms with Crippen LogP contribution >= 0.6 is 11.6 Å². The van der Waals surface area contributed by atoms with Gasteiger partial charge in [-0.2, -0.15) is 0 Å². The summed E-state index contributed by atoms with van der Waals surface area (Å²) in [5.41, 5.74) is 4.68. The molecule has 0 saturated carbocycles. The number of halogens is 1. The van der Waals surface area contributed by atoms with Gasteiger partial charge in [0.15, 0.2) is 0 Å². The average Bonchev–Trinajstić information content (AvgIpc) is 3.02. The number of fused-ring (bicyclic) bond motifs is 1. The second kappa shape index (κ2) is 7.45. The lowest BCUT2D eigenvalue weighted by Crippen LogP contribution is -2.22. The molecule has 0 fully saturated rings. The van der Waals surface area contributed by atoms with Crippen molar-refractivity contribution in [3.8, 4) is 0 Å². The van der Waals surface area contributed by atoms with Gasteiger partial charge in [-0.25, -0.2) is 0 Å². The summed E-state index contributed by atoms with van der Waals surface area (Å²) in [5.74, 6) is -0.388. The highest BCUT2D eigenvalue weighted by molar-refractivity contribution is 6.34. The maximum absolute atomic E-state index is 12.5. The van der Waals surface area contributed by atoms with Crippen molar-refractivity contribution < 1.29 is 14.0 Å². The molecular weight excluding hydrogens is 364 g/mol. The number of hydrogen-bond donors (Lipinski definition) is 1. The Balaban J connectivity index is 1.82. The fourth-order valence-electron chi connectivity index (χ4n) is 2.90. The van der Waals surface area contributed by atoms with E-state index in [0.29, 0.717) is 16.3 Å². The van der Waals surface area contributed by atoms with Crippen molar-refractivity contribution in [3.05, 3.63) is 63.9 Å². The molecule has 0 bridgehead atoms. The Labute approximate surface area is 162 Å². The molecule has 2 aromatic carbocycles. The first-order valence-corrected chi connectivity index (χ1v) is 8.93. The van der Waals surface area contributed by atoms with Gasteiger partial charge in [0.25, 0.3) is 5.91 Å². The topological polar surface area (TPSA) is 62.6 Å². The highest BCUT2D eigenvalue weighted by Crippen LogP contribution is 2.28. The zero-order valence-corrected chi connectivity index (χ0v) is 16.5. The number of carbonyl (C=O) groups is 2. The van der Waals surface area contributed by atoms with Crippen molar-refractivity contribution in [2.24, 2.45) is 0 Å². The van der Waals surface area contributed by atoms with Crippen LogP contribution in [0.3, 0.4) is 0 Å². The number of anilines is 1. The first-order valence-electron chi connectivity index (χ1n) is 8.55. The second-order valence-electron chi connectivity index (χ2n) is 6.76. The van der Waals surface area contributed by atoms with Crippen molar-refractivity contribution in [1.29, 1.82) is 0 Å². The standard InChI is InChI=1S/C21H21ClN2O3/c1-12-5-7-16-15(11-27-20(16)13(12)2)10-19(25)23-18-9-14(6-8-17(18)22)21(26)24(3)4/h5-9,11H,10H2,1-4H3,(H,23,25). The van der Waals surface area contributed by atoms with Crippen molar-refractivity contribution >= 4 is 40.1 Å². The van der Waals surface area contributed by atoms with Crippen molar-refractivity contribution in [1.82, 2.24) is 4.90 Å². The van der Waals surface area contributed by atoms with E-state index in [2.05, 4.69) is 5.32 Å². The Bertz CT molecular complexity index is 1040. The van der Waals surface area contributed by atoms with Gasteiger partial charge in [0.1, 0.15) is 5.58 Å². The highest BCUT2D eigenvalue weighted by Gasteiger charge is 2.15. The van der Waals surface area contributed by atoms with Crippen LogP contribution in [0.4, 0.5) is 5.69 Å². The molecule has 3 rings (SSSR count). The molecule has 5 nitrogen and oxygen atoms in total. The van der Waals surface area contributed by atoms with E-state index in [0.717, 1.165) is 27.7 Å². The van der Waals surface area contributed by atoms with E-state index >= 15 is 0 Å². The molecule has 0 unspecified atom stereocenters. The van der Waals surface area contributed by atoms with Gasteiger partial charge in [-0.15, -0.1) is 0 Å². The summed E-state index contributed by atoms with van der Waals surface area (Å²) < 4.78 is 5.66. The third-order valence-corrected chi connectivity index (χ3v) is 4.92. The highest BCUT2D eigenvalue weighted by atomic mass is 35.5. The van der Waals surface area contributed by atoms with Crippen LogP contribution in [0.5, 0.6) is 0 Å². The van der Waals surface area contributed by atoms with Gasteiger partial charge in [-0.1, -0.05) is 23.7 Å². The number of benzene rings is 2. The number of nitrogens with one attached hydrogen (secondary N) is 1. The van der Waals surface area contributed by atoms with Gasteiger partial charge in [0.2, 0.25) is 5.91 Å². The molecule has 2 amide bonds. The molecule has 0 aliphatic heterocycles. The summed E-state index contributed by atoms with van der Waals surface area (Å²) in [6.07, 6.45) is 1.77. The monoisotopic (exact) mass is 384 g/mol. The second-order valence-corrected chi connectivity index (χ2v) is 7.17. The van der Waals surface area contributed by atoms with E-state index in [1.54, 1.807) is 38.6 Å². The Morgan fingerprint density at radius 3 is 2.59 bits per heavy atom. The van der Waals surface area contributed by atoms with Crippen LogP contribution in [-0.4, -0.2) is 30.8 Å². The fraction of sp³-hybridized carbons (Fsp3) is 0.238. The van der Waals surface area contributed by atoms with Gasteiger partial charge in [0, 0.05) is 30.6 Å². The molecule has 3 aromatic rings. The predicted molar refractivity (Wildman–Crippen MR) is 107 cm³/mol. The van der Waals surface area contributed by atoms with Crippen molar-refractivity contribution in [2.45, 2.75) is 20.3 Å². The molecule has 0 aliphatic carbocycles. The summed E-state index contributed by atoms with van der Waals surface area (Å²) in [6.45, 7) is 4.02. The zero-order valence-electron chi connectivity index (χ0n) is 15.7. The lowest BCUT2D eigenvalue weighted by Gasteiger charge is -2.13. The Morgan fingerprint density at radius 2 is 1.89 bits per heavy atom. The molecule has 6 heteroatoms. The first-order chi connectivity index (χ1) is 12.8. The van der Waals surface area contributed by atoms with Crippen LogP contribution in [0, 0.1) is 13.8 Å². The summed E-state index contributed by atoms with van der Waals surface area (Å²) in [6, 6.07) is 8.81. The quantitative estimate of drug-likeness (QED) is 0.715. The van der Waals surface area contributed by atoms with E-state index in [1.807, 2.05) is 26.0 Å². The normalized spacial score (nSPS) is 10.9. The number of amides is 2. The minimum atomic E-state index is -0.229. The maximum atomic E-state index is 12.5. The molecule has 1 N–H and O–H groups in total. The largest absolute Gasteiger partial charge is 0.464 e. The number of furan rings is 1. The molecule has 0 radical (unpaired) electrons. The van der Waals surface area contributed by atoms with Crippen molar-refractivity contribution in [3.63, 3.8) is 0 Å². The zero-order chi connectivity index (χ0) is 19.7. The molecule has 1 heterocycles. The first kappa shape index (κ1) is 19.0. The molecule has 0 aliphatic rings. The van der Waals surface area contributed by atoms with Gasteiger partial charge in [-0.05, 0) is 43.2 Å². The van der Waals surface area contributed by atoms with Gasteiger partial charge in [-0.3, -0.25) is 9.59 Å². The van der Waals surface area contributed by atoms with E-state index in [-0.39, 0.29) is 18.2 Å². The summed E-state index contributed by atoms with van der Waals surface area (Å²) in [5, 5.41) is 4.09. The minimum Gasteiger partial charge on any atom is -0.464 e. The average molecular weight is 385 g/mol. The number of aryl methyl sites for hydroxylation is 2. The van der Waals surface area contributed by atoms with Crippen molar-refractivity contribution in [2.75, 3.05) is 19.4 Å². The number of nitrogens with zero attached hydrogens (tertiary/aromatic N) is 1. The van der Waals surface area contributed by atoms with E-state index < -0.39 is 0 Å². The Hall–Kier alpha value is -2.79. The van der Waals surface area contributed by atoms with E-state index in [1.165, 1.54) is 4.90 Å². The third-order valence-electron chi connectivity index (χ3n) is 4.59. The molecule has 1 aromatic heterocycles. The number of hydrogen-bond acceptors (Lipinski definition) is 3. The SMILES string of the molecule is Cc1ccc2c(CC(=O)Nc3cc(C(=O)N(C)C)ccc3Cl)coc2c1C. The molecule has 0 spiro atoms. The summed E-state index contributed by atoms with van der Waals surface area (Å²) in [7, 11) is 3.34. The third kappa shape index (κ3) is 3.83. The van der Waals surface area contributed by atoms with Crippen LogP contribution in [0.25, 0.3) is 11.0 Å². The minimum absolute atomic E-state index is 0.150. The van der Waals surface area contributed by atoms with E-state index in [4.69, 9.17) is 16.0 Å². The van der Waals surface area contributed by atoms with Crippen LogP contribution in [0.15, 0.2) is 41.0 Å². The Kier molecular flexibility index (Phi) is 5.24. The van der Waals surface area contributed by atoms with Crippen LogP contribution in [-0.2, 0) is 11.2 Å². The fourth-order valence-corrected chi connectivity index (χ4v) is 3.07.